The summed E-state index contributed by atoms with van der Waals surface area (Å²) in [5.74, 6) is -1.15. The van der Waals surface area contributed by atoms with E-state index in [-0.39, 0.29) is 10.2 Å². The Balaban J connectivity index is 3.27. The van der Waals surface area contributed by atoms with E-state index in [2.05, 4.69) is 20.9 Å². The fourth-order valence-corrected chi connectivity index (χ4v) is 1.30. The summed E-state index contributed by atoms with van der Waals surface area (Å²) in [6.07, 6.45) is -2.98. The monoisotopic (exact) mass is 255 g/mol. The second-order valence-electron chi connectivity index (χ2n) is 2.26. The minimum atomic E-state index is -2.98. The molecule has 0 aromatic carbocycles. The lowest BCUT2D eigenvalue weighted by Gasteiger charge is -2.05. The quantitative estimate of drug-likeness (QED) is 0.824. The molecule has 1 heterocycles. The number of hydrogen-bond donors (Lipinski definition) is 1. The van der Waals surface area contributed by atoms with Crippen molar-refractivity contribution in [2.24, 2.45) is 0 Å². The molecule has 0 spiro atoms. The van der Waals surface area contributed by atoms with Crippen LogP contribution in [0.4, 0.5) is 13.2 Å². The Bertz CT molecular complexity index is 319. The van der Waals surface area contributed by atoms with Crippen molar-refractivity contribution >= 4 is 15.9 Å². The van der Waals surface area contributed by atoms with Crippen LogP contribution in [0.2, 0.25) is 0 Å². The van der Waals surface area contributed by atoms with Crippen molar-refractivity contribution in [3.8, 4) is 0 Å². The molecule has 0 saturated carbocycles. The smallest absolute Gasteiger partial charge is 0.283 e. The van der Waals surface area contributed by atoms with Gasteiger partial charge in [-0.2, -0.15) is 0 Å². The predicted molar refractivity (Wildman–Crippen MR) is 42.8 cm³/mol. The highest BCUT2D eigenvalue weighted by molar-refractivity contribution is 9.10. The van der Waals surface area contributed by atoms with Gasteiger partial charge in [0, 0.05) is 5.56 Å². The molecule has 0 aliphatic rings. The number of aliphatic hydroxyl groups is 1. The number of aromatic nitrogens is 1. The number of alkyl halides is 2. The van der Waals surface area contributed by atoms with Crippen molar-refractivity contribution in [2.75, 3.05) is 0 Å². The Hall–Kier alpha value is -0.620. The van der Waals surface area contributed by atoms with E-state index < -0.39 is 24.5 Å². The summed E-state index contributed by atoms with van der Waals surface area (Å²) in [7, 11) is 0. The number of aliphatic hydroxyl groups excluding tert-OH is 1. The number of pyridine rings is 1. The maximum absolute atomic E-state index is 13.0. The van der Waals surface area contributed by atoms with E-state index in [4.69, 9.17) is 5.11 Å². The lowest BCUT2D eigenvalue weighted by atomic mass is 10.2. The molecule has 0 amide bonds. The fraction of sp³-hybridized carbons (Fsp3) is 0.286. The molecule has 2 nitrogen and oxygen atoms in total. The van der Waals surface area contributed by atoms with Crippen LogP contribution in [-0.4, -0.2) is 10.1 Å². The molecule has 0 radical (unpaired) electrons. The van der Waals surface area contributed by atoms with E-state index >= 15 is 0 Å². The summed E-state index contributed by atoms with van der Waals surface area (Å²) in [6.45, 7) is -0.632. The standard InChI is InChI=1S/C7H5BrF3NO/c8-4-1-3(2-13)5(9)6(12-4)7(10)11/h1,7,13H,2H2. The molecule has 1 aromatic heterocycles. The molecule has 13 heavy (non-hydrogen) atoms. The van der Waals surface area contributed by atoms with Crippen molar-refractivity contribution in [2.45, 2.75) is 13.0 Å². The van der Waals surface area contributed by atoms with Gasteiger partial charge in [-0.25, -0.2) is 18.2 Å². The van der Waals surface area contributed by atoms with Gasteiger partial charge in [0.2, 0.25) is 0 Å². The van der Waals surface area contributed by atoms with Crippen LogP contribution in [0.1, 0.15) is 17.7 Å². The van der Waals surface area contributed by atoms with Gasteiger partial charge in [-0.05, 0) is 22.0 Å². The molecule has 1 N–H and O–H groups in total. The molecule has 1 rings (SSSR count). The Morgan fingerprint density at radius 1 is 1.54 bits per heavy atom. The van der Waals surface area contributed by atoms with Crippen LogP contribution in [0.3, 0.4) is 0 Å². The first kappa shape index (κ1) is 10.5. The largest absolute Gasteiger partial charge is 0.392 e. The molecular weight excluding hydrogens is 251 g/mol. The molecule has 0 atom stereocenters. The minimum absolute atomic E-state index is 0.0771. The first-order valence-electron chi connectivity index (χ1n) is 3.30. The topological polar surface area (TPSA) is 33.1 Å². The molecule has 1 aromatic rings. The van der Waals surface area contributed by atoms with Crippen LogP contribution >= 0.6 is 15.9 Å². The van der Waals surface area contributed by atoms with Gasteiger partial charge in [-0.1, -0.05) is 0 Å². The van der Waals surface area contributed by atoms with Crippen molar-refractivity contribution < 1.29 is 18.3 Å². The van der Waals surface area contributed by atoms with Gasteiger partial charge >= 0.3 is 0 Å². The molecule has 0 aliphatic heterocycles. The predicted octanol–water partition coefficient (Wildman–Crippen LogP) is 2.41. The van der Waals surface area contributed by atoms with Crippen molar-refractivity contribution in [1.29, 1.82) is 0 Å². The van der Waals surface area contributed by atoms with Crippen LogP contribution in [0.5, 0.6) is 0 Å². The average molecular weight is 256 g/mol. The van der Waals surface area contributed by atoms with Gasteiger partial charge in [0.1, 0.15) is 10.3 Å². The van der Waals surface area contributed by atoms with E-state index in [1.165, 1.54) is 0 Å². The minimum Gasteiger partial charge on any atom is -0.392 e. The Labute approximate surface area is 80.5 Å². The summed E-state index contributed by atoms with van der Waals surface area (Å²) in [5.41, 5.74) is -1.14. The third-order valence-corrected chi connectivity index (χ3v) is 1.81. The van der Waals surface area contributed by atoms with Crippen molar-refractivity contribution in [3.05, 3.63) is 27.7 Å². The lowest BCUT2D eigenvalue weighted by molar-refractivity contribution is 0.139. The van der Waals surface area contributed by atoms with Crippen LogP contribution in [-0.2, 0) is 6.61 Å². The zero-order chi connectivity index (χ0) is 10.0. The molecule has 0 fully saturated rings. The number of nitrogens with zero attached hydrogens (tertiary/aromatic N) is 1. The Morgan fingerprint density at radius 3 is 2.62 bits per heavy atom. The van der Waals surface area contributed by atoms with Crippen molar-refractivity contribution in [3.63, 3.8) is 0 Å². The summed E-state index contributed by atoms with van der Waals surface area (Å²) in [6, 6.07) is 1.15. The second-order valence-corrected chi connectivity index (χ2v) is 3.07. The normalized spacial score (nSPS) is 10.9. The third-order valence-electron chi connectivity index (χ3n) is 1.40. The first-order chi connectivity index (χ1) is 6.06. The Morgan fingerprint density at radius 2 is 2.15 bits per heavy atom. The van der Waals surface area contributed by atoms with E-state index in [1.54, 1.807) is 0 Å². The summed E-state index contributed by atoms with van der Waals surface area (Å²) < 4.78 is 37.3. The van der Waals surface area contributed by atoms with Crippen LogP contribution in [0.25, 0.3) is 0 Å². The maximum Gasteiger partial charge on any atom is 0.283 e. The molecule has 0 saturated heterocycles. The molecule has 6 heteroatoms. The van der Waals surface area contributed by atoms with E-state index in [9.17, 15) is 13.2 Å². The average Bonchev–Trinajstić information content (AvgIpc) is 2.08. The number of rotatable bonds is 2. The molecule has 72 valence electrons. The van der Waals surface area contributed by atoms with E-state index in [0.29, 0.717) is 0 Å². The highest BCUT2D eigenvalue weighted by atomic mass is 79.9. The highest BCUT2D eigenvalue weighted by Gasteiger charge is 2.18. The summed E-state index contributed by atoms with van der Waals surface area (Å²) in [5, 5.41) is 8.62. The molecular formula is C7H5BrF3NO. The number of halogens is 4. The molecule has 0 aliphatic carbocycles. The fourth-order valence-electron chi connectivity index (χ4n) is 0.828. The van der Waals surface area contributed by atoms with Gasteiger partial charge < -0.3 is 5.11 Å². The Kier molecular flexibility index (Phi) is 3.27. The van der Waals surface area contributed by atoms with Crippen LogP contribution in [0.15, 0.2) is 10.7 Å². The first-order valence-corrected chi connectivity index (χ1v) is 4.09. The SMILES string of the molecule is OCc1cc(Br)nc(C(F)F)c1F. The zero-order valence-corrected chi connectivity index (χ0v) is 7.85. The second kappa shape index (κ2) is 4.06. The zero-order valence-electron chi connectivity index (χ0n) is 6.27. The number of hydrogen-bond acceptors (Lipinski definition) is 2. The maximum atomic E-state index is 13.0. The molecule has 0 bridgehead atoms. The molecule has 0 unspecified atom stereocenters. The van der Waals surface area contributed by atoms with Crippen LogP contribution < -0.4 is 0 Å². The summed E-state index contributed by atoms with van der Waals surface area (Å²) >= 11 is 2.83. The van der Waals surface area contributed by atoms with E-state index in [1.807, 2.05) is 0 Å². The van der Waals surface area contributed by atoms with Gasteiger partial charge in [0.05, 0.1) is 6.61 Å². The van der Waals surface area contributed by atoms with Crippen LogP contribution in [0, 0.1) is 5.82 Å². The highest BCUT2D eigenvalue weighted by Crippen LogP contribution is 2.24. The van der Waals surface area contributed by atoms with E-state index in [0.717, 1.165) is 6.07 Å². The summed E-state index contributed by atoms with van der Waals surface area (Å²) in [4.78, 5) is 3.26. The van der Waals surface area contributed by atoms with Gasteiger partial charge in [-0.15, -0.1) is 0 Å². The van der Waals surface area contributed by atoms with Gasteiger partial charge in [-0.3, -0.25) is 0 Å². The lowest BCUT2D eigenvalue weighted by Crippen LogP contribution is -2.01. The third kappa shape index (κ3) is 2.19. The van der Waals surface area contributed by atoms with Gasteiger partial charge in [0.25, 0.3) is 6.43 Å². The van der Waals surface area contributed by atoms with Crippen molar-refractivity contribution in [1.82, 2.24) is 4.98 Å². The van der Waals surface area contributed by atoms with Gasteiger partial charge in [0.15, 0.2) is 5.82 Å².